The molecule has 0 saturated heterocycles. The van der Waals surface area contributed by atoms with Crippen LogP contribution in [0, 0.1) is 0 Å². The molecule has 0 saturated carbocycles. The van der Waals surface area contributed by atoms with Gasteiger partial charge in [0.2, 0.25) is 0 Å². The maximum atomic E-state index is 11.1. The third-order valence-corrected chi connectivity index (χ3v) is 4.43. The van der Waals surface area contributed by atoms with E-state index in [-0.39, 0.29) is 0 Å². The summed E-state index contributed by atoms with van der Waals surface area (Å²) in [4.78, 5) is 22.7. The van der Waals surface area contributed by atoms with Crippen molar-refractivity contribution in [2.45, 2.75) is 25.3 Å². The van der Waals surface area contributed by atoms with Crippen LogP contribution in [-0.4, -0.2) is 38.3 Å². The van der Waals surface area contributed by atoms with Crippen LogP contribution in [0.4, 0.5) is 5.13 Å². The molecule has 0 aliphatic heterocycles. The maximum Gasteiger partial charge on any atom is 0.312 e. The third-order valence-electron chi connectivity index (χ3n) is 3.18. The molecule has 2 aromatic heterocycles. The summed E-state index contributed by atoms with van der Waals surface area (Å²) >= 11 is 1.56. The lowest BCUT2D eigenvalue weighted by Crippen LogP contribution is -2.17. The Bertz CT molecular complexity index is 594. The highest BCUT2D eigenvalue weighted by atomic mass is 32.1. The van der Waals surface area contributed by atoms with Crippen molar-refractivity contribution in [3.05, 3.63) is 22.7 Å². The molecule has 0 amide bonds. The fraction of sp³-hybridized carbons (Fsp3) is 0.455. The van der Waals surface area contributed by atoms with Crippen molar-refractivity contribution in [1.29, 1.82) is 0 Å². The molecule has 1 aliphatic rings. The average molecular weight is 279 g/mol. The molecule has 0 fully saturated rings. The molecule has 8 heteroatoms. The zero-order valence-electron chi connectivity index (χ0n) is 10.3. The van der Waals surface area contributed by atoms with E-state index >= 15 is 0 Å². The summed E-state index contributed by atoms with van der Waals surface area (Å²) < 4.78 is 0. The Morgan fingerprint density at radius 1 is 1.68 bits per heavy atom. The van der Waals surface area contributed by atoms with Gasteiger partial charge in [-0.2, -0.15) is 5.10 Å². The third kappa shape index (κ3) is 2.19. The standard InChI is InChI=1S/C11H13N5O2S/c1-16(4-8-12-5-13-15-8)11-14-9-6(10(17)18)2-3-7(9)19-11/h5-6H,2-4H2,1H3,(H,17,18)(H,12,13,15). The fourth-order valence-corrected chi connectivity index (χ4v) is 3.31. The van der Waals surface area contributed by atoms with E-state index < -0.39 is 11.9 Å². The quantitative estimate of drug-likeness (QED) is 0.867. The molecule has 1 aliphatic carbocycles. The van der Waals surface area contributed by atoms with Crippen molar-refractivity contribution in [2.75, 3.05) is 11.9 Å². The molecule has 1 unspecified atom stereocenters. The topological polar surface area (TPSA) is 95.0 Å². The van der Waals surface area contributed by atoms with Crippen LogP contribution in [0.3, 0.4) is 0 Å². The molecular weight excluding hydrogens is 266 g/mol. The molecule has 7 nitrogen and oxygen atoms in total. The number of thiazole rings is 1. The summed E-state index contributed by atoms with van der Waals surface area (Å²) in [5, 5.41) is 16.6. The number of rotatable bonds is 4. The number of carboxylic acids is 1. The van der Waals surface area contributed by atoms with Crippen molar-refractivity contribution >= 4 is 22.4 Å². The summed E-state index contributed by atoms with van der Waals surface area (Å²) in [7, 11) is 1.91. The molecule has 19 heavy (non-hydrogen) atoms. The number of fused-ring (bicyclic) bond motifs is 1. The minimum atomic E-state index is -0.784. The van der Waals surface area contributed by atoms with Crippen molar-refractivity contribution in [3.8, 4) is 0 Å². The minimum absolute atomic E-state index is 0.446. The Kier molecular flexibility index (Phi) is 2.94. The minimum Gasteiger partial charge on any atom is -0.481 e. The van der Waals surface area contributed by atoms with Gasteiger partial charge in [0.15, 0.2) is 5.13 Å². The van der Waals surface area contributed by atoms with Crippen molar-refractivity contribution in [2.24, 2.45) is 0 Å². The summed E-state index contributed by atoms with van der Waals surface area (Å²) in [6.07, 6.45) is 2.93. The smallest absolute Gasteiger partial charge is 0.312 e. The molecule has 100 valence electrons. The van der Waals surface area contributed by atoms with Gasteiger partial charge in [0.05, 0.1) is 12.2 Å². The second kappa shape index (κ2) is 4.61. The molecular formula is C11H13N5O2S. The number of aryl methyl sites for hydroxylation is 1. The highest BCUT2D eigenvalue weighted by Crippen LogP contribution is 2.39. The number of carbonyl (C=O) groups is 1. The predicted octanol–water partition coefficient (Wildman–Crippen LogP) is 1.01. The summed E-state index contributed by atoms with van der Waals surface area (Å²) in [5.41, 5.74) is 0.733. The second-order valence-electron chi connectivity index (χ2n) is 4.52. The van der Waals surface area contributed by atoms with Gasteiger partial charge in [-0.15, -0.1) is 11.3 Å². The van der Waals surface area contributed by atoms with Crippen LogP contribution in [-0.2, 0) is 17.8 Å². The number of hydrogen-bond acceptors (Lipinski definition) is 6. The van der Waals surface area contributed by atoms with Crippen LogP contribution in [0.5, 0.6) is 0 Å². The first kappa shape index (κ1) is 12.1. The summed E-state index contributed by atoms with van der Waals surface area (Å²) in [5.74, 6) is -0.472. The largest absolute Gasteiger partial charge is 0.481 e. The van der Waals surface area contributed by atoms with E-state index in [1.165, 1.54) is 6.33 Å². The van der Waals surface area contributed by atoms with E-state index in [0.717, 1.165) is 27.9 Å². The molecule has 0 spiro atoms. The zero-order valence-corrected chi connectivity index (χ0v) is 11.1. The maximum absolute atomic E-state index is 11.1. The Balaban J connectivity index is 1.80. The molecule has 2 N–H and O–H groups in total. The lowest BCUT2D eigenvalue weighted by atomic mass is 10.1. The lowest BCUT2D eigenvalue weighted by Gasteiger charge is -2.13. The lowest BCUT2D eigenvalue weighted by molar-refractivity contribution is -0.138. The Hall–Kier alpha value is -1.96. The van der Waals surface area contributed by atoms with Crippen LogP contribution in [0.2, 0.25) is 0 Å². The van der Waals surface area contributed by atoms with Crippen LogP contribution in [0.1, 0.15) is 28.7 Å². The Morgan fingerprint density at radius 2 is 2.53 bits per heavy atom. The van der Waals surface area contributed by atoms with Crippen LogP contribution >= 0.6 is 11.3 Å². The molecule has 0 radical (unpaired) electrons. The van der Waals surface area contributed by atoms with Crippen LogP contribution in [0.15, 0.2) is 6.33 Å². The van der Waals surface area contributed by atoms with Crippen LogP contribution < -0.4 is 4.90 Å². The number of carboxylic acid groups (broad SMARTS) is 1. The number of aromatic amines is 1. The van der Waals surface area contributed by atoms with E-state index in [9.17, 15) is 4.79 Å². The monoisotopic (exact) mass is 279 g/mol. The fourth-order valence-electron chi connectivity index (χ4n) is 2.22. The molecule has 2 aromatic rings. The van der Waals surface area contributed by atoms with Gasteiger partial charge in [-0.1, -0.05) is 0 Å². The number of anilines is 1. The van der Waals surface area contributed by atoms with Gasteiger partial charge < -0.3 is 10.0 Å². The van der Waals surface area contributed by atoms with E-state index in [4.69, 9.17) is 5.11 Å². The molecule has 2 heterocycles. The van der Waals surface area contributed by atoms with E-state index in [2.05, 4.69) is 20.2 Å². The zero-order chi connectivity index (χ0) is 13.4. The summed E-state index contributed by atoms with van der Waals surface area (Å²) in [6.45, 7) is 0.574. The van der Waals surface area contributed by atoms with Gasteiger partial charge in [0.1, 0.15) is 18.1 Å². The van der Waals surface area contributed by atoms with Gasteiger partial charge in [0, 0.05) is 11.9 Å². The second-order valence-corrected chi connectivity index (χ2v) is 5.58. The molecule has 0 bridgehead atoms. The van der Waals surface area contributed by atoms with Crippen molar-refractivity contribution in [1.82, 2.24) is 20.2 Å². The van der Waals surface area contributed by atoms with Gasteiger partial charge >= 0.3 is 5.97 Å². The first-order valence-electron chi connectivity index (χ1n) is 5.93. The summed E-state index contributed by atoms with van der Waals surface area (Å²) in [6, 6.07) is 0. The predicted molar refractivity (Wildman–Crippen MR) is 69.3 cm³/mol. The molecule has 1 atom stereocenters. The Labute approximate surface area is 113 Å². The van der Waals surface area contributed by atoms with E-state index in [0.29, 0.717) is 13.0 Å². The van der Waals surface area contributed by atoms with E-state index in [1.807, 2.05) is 11.9 Å². The Morgan fingerprint density at radius 3 is 3.21 bits per heavy atom. The van der Waals surface area contributed by atoms with Crippen molar-refractivity contribution < 1.29 is 9.90 Å². The number of aliphatic carboxylic acids is 1. The van der Waals surface area contributed by atoms with Gasteiger partial charge in [-0.3, -0.25) is 9.89 Å². The number of hydrogen-bond donors (Lipinski definition) is 2. The normalized spacial score (nSPS) is 17.4. The molecule has 3 rings (SSSR count). The highest BCUT2D eigenvalue weighted by Gasteiger charge is 2.32. The highest BCUT2D eigenvalue weighted by molar-refractivity contribution is 7.15. The van der Waals surface area contributed by atoms with Gasteiger partial charge in [-0.05, 0) is 12.8 Å². The SMILES string of the molecule is CN(Cc1ncn[nH]1)c1nc2c(s1)CCC2C(=O)O. The molecule has 0 aromatic carbocycles. The van der Waals surface area contributed by atoms with Gasteiger partial charge in [-0.25, -0.2) is 9.97 Å². The van der Waals surface area contributed by atoms with Crippen molar-refractivity contribution in [3.63, 3.8) is 0 Å². The van der Waals surface area contributed by atoms with Gasteiger partial charge in [0.25, 0.3) is 0 Å². The van der Waals surface area contributed by atoms with E-state index in [1.54, 1.807) is 11.3 Å². The number of aromatic nitrogens is 4. The first-order valence-corrected chi connectivity index (χ1v) is 6.74. The first-order chi connectivity index (χ1) is 9.15. The van der Waals surface area contributed by atoms with Crippen LogP contribution in [0.25, 0.3) is 0 Å². The number of nitrogens with zero attached hydrogens (tertiary/aromatic N) is 4. The number of nitrogens with one attached hydrogen (secondary N) is 1. The number of H-pyrrole nitrogens is 1. The average Bonchev–Trinajstić information content (AvgIpc) is 3.02.